The van der Waals surface area contributed by atoms with E-state index < -0.39 is 0 Å². The van der Waals surface area contributed by atoms with Crippen molar-refractivity contribution in [3.05, 3.63) is 71.2 Å². The number of hydrogen-bond donors (Lipinski definition) is 0. The Bertz CT molecular complexity index is 1090. The zero-order valence-corrected chi connectivity index (χ0v) is 19.4. The highest BCUT2D eigenvalue weighted by atomic mass is 16.3. The van der Waals surface area contributed by atoms with Crippen LogP contribution in [-0.2, 0) is 12.8 Å². The van der Waals surface area contributed by atoms with Crippen LogP contribution in [0, 0.1) is 0 Å². The van der Waals surface area contributed by atoms with Crippen LogP contribution in [0.15, 0.2) is 57.4 Å². The van der Waals surface area contributed by atoms with E-state index in [1.54, 1.807) is 0 Å². The van der Waals surface area contributed by atoms with Crippen molar-refractivity contribution in [2.45, 2.75) is 78.1 Å². The summed E-state index contributed by atoms with van der Waals surface area (Å²) in [6, 6.07) is 15.8. The van der Waals surface area contributed by atoms with Crippen molar-refractivity contribution in [1.82, 2.24) is 0 Å². The van der Waals surface area contributed by atoms with Gasteiger partial charge >= 0.3 is 0 Å². The van der Waals surface area contributed by atoms with Crippen LogP contribution in [0.1, 0.15) is 92.7 Å². The van der Waals surface area contributed by atoms with Crippen LogP contribution < -0.4 is 0 Å². The van der Waals surface area contributed by atoms with Gasteiger partial charge in [-0.25, -0.2) is 0 Å². The minimum Gasteiger partial charge on any atom is -0.460 e. The van der Waals surface area contributed by atoms with Gasteiger partial charge in [-0.15, -0.1) is 0 Å². The lowest BCUT2D eigenvalue weighted by atomic mass is 9.94. The van der Waals surface area contributed by atoms with E-state index in [9.17, 15) is 4.79 Å². The largest absolute Gasteiger partial charge is 0.460 e. The second-order valence-electron chi connectivity index (χ2n) is 8.74. The number of benzene rings is 2. The Balaban J connectivity index is 1.75. The summed E-state index contributed by atoms with van der Waals surface area (Å²) in [5, 5.41) is 1.82. The molecule has 0 saturated heterocycles. The summed E-state index contributed by atoms with van der Waals surface area (Å²) in [5.74, 6) is 1.67. The summed E-state index contributed by atoms with van der Waals surface area (Å²) in [5.41, 5.74) is 3.02. The number of aryl methyl sites for hydroxylation is 2. The normalized spacial score (nSPS) is 11.6. The molecule has 0 N–H and O–H groups in total. The van der Waals surface area contributed by atoms with Crippen molar-refractivity contribution in [3.8, 4) is 0 Å². The van der Waals surface area contributed by atoms with Gasteiger partial charge in [0.25, 0.3) is 0 Å². The third-order valence-electron chi connectivity index (χ3n) is 6.31. The van der Waals surface area contributed by atoms with Crippen molar-refractivity contribution >= 4 is 27.7 Å². The van der Waals surface area contributed by atoms with Crippen molar-refractivity contribution in [3.63, 3.8) is 0 Å². The van der Waals surface area contributed by atoms with Crippen LogP contribution in [0.3, 0.4) is 0 Å². The highest BCUT2D eigenvalue weighted by Gasteiger charge is 2.27. The minimum atomic E-state index is 0.0379. The lowest BCUT2D eigenvalue weighted by Gasteiger charge is -2.05. The molecule has 0 radical (unpaired) electrons. The molecule has 0 aliphatic carbocycles. The molecule has 32 heavy (non-hydrogen) atoms. The maximum absolute atomic E-state index is 14.1. The second-order valence-corrected chi connectivity index (χ2v) is 8.74. The number of furan rings is 2. The molecule has 0 spiro atoms. The van der Waals surface area contributed by atoms with Crippen LogP contribution in [0.2, 0.25) is 0 Å². The van der Waals surface area contributed by atoms with Gasteiger partial charge in [0.1, 0.15) is 22.7 Å². The van der Waals surface area contributed by atoms with E-state index in [1.165, 1.54) is 25.7 Å². The number of ketones is 1. The van der Waals surface area contributed by atoms with Gasteiger partial charge in [0.2, 0.25) is 5.78 Å². The molecule has 0 amide bonds. The molecule has 0 bridgehead atoms. The molecule has 2 aromatic carbocycles. The number of rotatable bonds is 12. The Morgan fingerprint density at radius 2 is 1.06 bits per heavy atom. The standard InChI is InChI=1S/C29H34O3/c1-3-5-7-9-19-25-27(21-15-11-13-17-23(21)31-25)29(30)28-22-16-12-14-18-24(22)32-26(28)20-10-8-6-4-2/h11-18H,3-10,19-20H2,1-2H3. The molecule has 0 atom stereocenters. The minimum absolute atomic E-state index is 0.0379. The third-order valence-corrected chi connectivity index (χ3v) is 6.31. The van der Waals surface area contributed by atoms with Crippen molar-refractivity contribution in [2.75, 3.05) is 0 Å². The van der Waals surface area contributed by atoms with E-state index in [-0.39, 0.29) is 5.78 Å². The maximum atomic E-state index is 14.1. The van der Waals surface area contributed by atoms with Crippen molar-refractivity contribution in [2.24, 2.45) is 0 Å². The van der Waals surface area contributed by atoms with Crippen LogP contribution in [-0.4, -0.2) is 5.78 Å². The molecule has 3 heteroatoms. The summed E-state index contributed by atoms with van der Waals surface area (Å²) in [6.45, 7) is 4.42. The smallest absolute Gasteiger partial charge is 0.201 e. The number of unbranched alkanes of at least 4 members (excludes halogenated alkanes) is 6. The monoisotopic (exact) mass is 430 g/mol. The zero-order chi connectivity index (χ0) is 22.3. The topological polar surface area (TPSA) is 43.4 Å². The molecule has 0 saturated carbocycles. The number of para-hydroxylation sites is 2. The average molecular weight is 431 g/mol. The molecule has 0 aliphatic heterocycles. The van der Waals surface area contributed by atoms with E-state index in [0.717, 1.165) is 83.1 Å². The van der Waals surface area contributed by atoms with Crippen molar-refractivity contribution in [1.29, 1.82) is 0 Å². The summed E-state index contributed by atoms with van der Waals surface area (Å²) in [4.78, 5) is 14.1. The van der Waals surface area contributed by atoms with Gasteiger partial charge in [-0.2, -0.15) is 0 Å². The van der Waals surface area contributed by atoms with Gasteiger partial charge in [-0.3, -0.25) is 4.79 Å². The van der Waals surface area contributed by atoms with E-state index >= 15 is 0 Å². The van der Waals surface area contributed by atoms with Crippen LogP contribution in [0.4, 0.5) is 0 Å². The quantitative estimate of drug-likeness (QED) is 0.167. The molecule has 168 valence electrons. The summed E-state index contributed by atoms with van der Waals surface area (Å²) >= 11 is 0. The van der Waals surface area contributed by atoms with Gasteiger partial charge in [-0.05, 0) is 25.0 Å². The van der Waals surface area contributed by atoms with Gasteiger partial charge in [0, 0.05) is 23.6 Å². The Kier molecular flexibility index (Phi) is 7.47. The maximum Gasteiger partial charge on any atom is 0.201 e. The predicted octanol–water partition coefficient (Wildman–Crippen LogP) is 8.66. The van der Waals surface area contributed by atoms with Gasteiger partial charge in [0.05, 0.1) is 11.1 Å². The highest BCUT2D eigenvalue weighted by Crippen LogP contribution is 2.34. The van der Waals surface area contributed by atoms with Gasteiger partial charge < -0.3 is 8.83 Å². The first-order valence-corrected chi connectivity index (χ1v) is 12.3. The summed E-state index contributed by atoms with van der Waals surface area (Å²) in [7, 11) is 0. The number of fused-ring (bicyclic) bond motifs is 2. The number of carbonyl (C=O) groups excluding carboxylic acids is 1. The van der Waals surface area contributed by atoms with Gasteiger partial charge in [-0.1, -0.05) is 88.8 Å². The summed E-state index contributed by atoms with van der Waals surface area (Å²) in [6.07, 6.45) is 10.7. The van der Waals surface area contributed by atoms with E-state index in [1.807, 2.05) is 48.5 Å². The molecule has 3 nitrogen and oxygen atoms in total. The zero-order valence-electron chi connectivity index (χ0n) is 19.4. The highest BCUT2D eigenvalue weighted by molar-refractivity contribution is 6.22. The molecular weight excluding hydrogens is 396 g/mol. The Morgan fingerprint density at radius 1 is 0.625 bits per heavy atom. The van der Waals surface area contributed by atoms with Gasteiger partial charge in [0.15, 0.2) is 0 Å². The van der Waals surface area contributed by atoms with Crippen LogP contribution in [0.5, 0.6) is 0 Å². The molecule has 4 aromatic rings. The molecule has 2 aromatic heterocycles. The first kappa shape index (κ1) is 22.4. The van der Waals surface area contributed by atoms with E-state index in [4.69, 9.17) is 8.83 Å². The first-order valence-electron chi connectivity index (χ1n) is 12.3. The molecule has 0 aliphatic rings. The molecule has 2 heterocycles. The fraction of sp³-hybridized carbons (Fsp3) is 0.414. The van der Waals surface area contributed by atoms with Crippen molar-refractivity contribution < 1.29 is 13.6 Å². The lowest BCUT2D eigenvalue weighted by Crippen LogP contribution is -2.06. The van der Waals surface area contributed by atoms with Crippen LogP contribution >= 0.6 is 0 Å². The average Bonchev–Trinajstić information content (AvgIpc) is 3.37. The number of carbonyl (C=O) groups is 1. The Hall–Kier alpha value is -2.81. The predicted molar refractivity (Wildman–Crippen MR) is 132 cm³/mol. The lowest BCUT2D eigenvalue weighted by molar-refractivity contribution is 0.103. The third kappa shape index (κ3) is 4.67. The summed E-state index contributed by atoms with van der Waals surface area (Å²) < 4.78 is 12.4. The molecular formula is C29H34O3. The molecule has 4 rings (SSSR count). The number of hydrogen-bond acceptors (Lipinski definition) is 3. The Morgan fingerprint density at radius 3 is 1.50 bits per heavy atom. The second kappa shape index (κ2) is 10.7. The molecule has 0 fully saturated rings. The van der Waals surface area contributed by atoms with E-state index in [2.05, 4.69) is 13.8 Å². The molecule has 0 unspecified atom stereocenters. The fourth-order valence-corrected chi connectivity index (χ4v) is 4.59. The SMILES string of the molecule is CCCCCCc1oc2ccccc2c1C(=O)c1c(CCCCCC)oc2ccccc12. The van der Waals surface area contributed by atoms with E-state index in [0.29, 0.717) is 0 Å². The first-order chi connectivity index (χ1) is 15.7. The Labute approximate surface area is 190 Å². The fourth-order valence-electron chi connectivity index (χ4n) is 4.59. The van der Waals surface area contributed by atoms with Crippen LogP contribution in [0.25, 0.3) is 21.9 Å².